The SMILES string of the molecule is Cc1cc(NCC(=O)Nc2cccc(Cl)c2)ccc1-n1cnnn1. The number of benzene rings is 2. The minimum Gasteiger partial charge on any atom is -0.376 e. The number of tetrazole rings is 1. The van der Waals surface area contributed by atoms with Gasteiger partial charge in [-0.2, -0.15) is 0 Å². The lowest BCUT2D eigenvalue weighted by Crippen LogP contribution is -2.21. The van der Waals surface area contributed by atoms with Crippen LogP contribution in [0.2, 0.25) is 5.02 Å². The number of anilines is 2. The molecule has 0 atom stereocenters. The molecule has 0 aliphatic heterocycles. The molecule has 0 fully saturated rings. The number of hydrogen-bond acceptors (Lipinski definition) is 5. The molecule has 1 heterocycles. The van der Waals surface area contributed by atoms with Crippen molar-refractivity contribution in [2.45, 2.75) is 6.92 Å². The molecule has 0 aliphatic carbocycles. The maximum Gasteiger partial charge on any atom is 0.243 e. The number of halogens is 1. The average Bonchev–Trinajstić information content (AvgIpc) is 3.07. The van der Waals surface area contributed by atoms with E-state index < -0.39 is 0 Å². The molecule has 0 unspecified atom stereocenters. The van der Waals surface area contributed by atoms with E-state index >= 15 is 0 Å². The number of nitrogens with one attached hydrogen (secondary N) is 2. The Balaban J connectivity index is 1.60. The zero-order chi connectivity index (χ0) is 16.9. The molecule has 0 radical (unpaired) electrons. The van der Waals surface area contributed by atoms with Gasteiger partial charge < -0.3 is 10.6 Å². The van der Waals surface area contributed by atoms with Crippen LogP contribution in [0, 0.1) is 6.92 Å². The summed E-state index contributed by atoms with van der Waals surface area (Å²) in [5, 5.41) is 17.6. The van der Waals surface area contributed by atoms with Crippen molar-refractivity contribution in [2.24, 2.45) is 0 Å². The average molecular weight is 343 g/mol. The van der Waals surface area contributed by atoms with Gasteiger partial charge in [-0.1, -0.05) is 17.7 Å². The van der Waals surface area contributed by atoms with Crippen molar-refractivity contribution in [1.82, 2.24) is 20.2 Å². The molecule has 2 N–H and O–H groups in total. The van der Waals surface area contributed by atoms with Crippen LogP contribution in [0.25, 0.3) is 5.69 Å². The Kier molecular flexibility index (Phi) is 4.72. The Morgan fingerprint density at radius 2 is 2.08 bits per heavy atom. The summed E-state index contributed by atoms with van der Waals surface area (Å²) in [4.78, 5) is 12.0. The van der Waals surface area contributed by atoms with E-state index in [1.807, 2.05) is 25.1 Å². The predicted octanol–water partition coefficient (Wildman–Crippen LogP) is 2.67. The van der Waals surface area contributed by atoms with Crippen LogP contribution in [-0.2, 0) is 4.79 Å². The van der Waals surface area contributed by atoms with E-state index in [4.69, 9.17) is 11.6 Å². The predicted molar refractivity (Wildman–Crippen MR) is 92.5 cm³/mol. The van der Waals surface area contributed by atoms with Gasteiger partial charge in [0.2, 0.25) is 5.91 Å². The van der Waals surface area contributed by atoms with Gasteiger partial charge in [0.05, 0.1) is 12.2 Å². The van der Waals surface area contributed by atoms with Crippen LogP contribution >= 0.6 is 11.6 Å². The standard InChI is InChI=1S/C16H15ClN6O/c1-11-7-13(5-6-15(11)23-10-19-21-22-23)18-9-16(24)20-14-4-2-3-12(17)8-14/h2-8,10,18H,9H2,1H3,(H,20,24). The molecule has 8 heteroatoms. The molecule has 0 saturated heterocycles. The Bertz CT molecular complexity index is 850. The number of nitrogens with zero attached hydrogens (tertiary/aromatic N) is 4. The highest BCUT2D eigenvalue weighted by Crippen LogP contribution is 2.18. The van der Waals surface area contributed by atoms with Crippen LogP contribution in [0.5, 0.6) is 0 Å². The lowest BCUT2D eigenvalue weighted by Gasteiger charge is -2.10. The summed E-state index contributed by atoms with van der Waals surface area (Å²) >= 11 is 5.89. The smallest absolute Gasteiger partial charge is 0.243 e. The first kappa shape index (κ1) is 15.9. The first-order valence-electron chi connectivity index (χ1n) is 7.25. The maximum absolute atomic E-state index is 12.0. The maximum atomic E-state index is 12.0. The number of amides is 1. The van der Waals surface area contributed by atoms with Gasteiger partial charge in [0.1, 0.15) is 6.33 Å². The van der Waals surface area contributed by atoms with E-state index in [1.165, 1.54) is 6.33 Å². The normalized spacial score (nSPS) is 10.4. The number of carbonyl (C=O) groups excluding carboxylic acids is 1. The lowest BCUT2D eigenvalue weighted by molar-refractivity contribution is -0.114. The number of carbonyl (C=O) groups is 1. The fraction of sp³-hybridized carbons (Fsp3) is 0.125. The van der Waals surface area contributed by atoms with Gasteiger partial charge in [-0.05, 0) is 59.3 Å². The summed E-state index contributed by atoms with van der Waals surface area (Å²) in [6.07, 6.45) is 1.54. The Morgan fingerprint density at radius 3 is 2.79 bits per heavy atom. The fourth-order valence-corrected chi connectivity index (χ4v) is 2.44. The fourth-order valence-electron chi connectivity index (χ4n) is 2.25. The van der Waals surface area contributed by atoms with E-state index in [-0.39, 0.29) is 12.5 Å². The third-order valence-electron chi connectivity index (χ3n) is 3.35. The molecular formula is C16H15ClN6O. The second-order valence-corrected chi connectivity index (χ2v) is 5.60. The Morgan fingerprint density at radius 1 is 1.21 bits per heavy atom. The molecule has 0 aliphatic rings. The zero-order valence-electron chi connectivity index (χ0n) is 12.9. The summed E-state index contributed by atoms with van der Waals surface area (Å²) in [6, 6.07) is 12.7. The van der Waals surface area contributed by atoms with Crippen molar-refractivity contribution < 1.29 is 4.79 Å². The molecule has 1 aromatic heterocycles. The molecule has 3 rings (SSSR count). The monoisotopic (exact) mass is 342 g/mol. The van der Waals surface area contributed by atoms with Crippen LogP contribution < -0.4 is 10.6 Å². The van der Waals surface area contributed by atoms with Gasteiger partial charge in [-0.25, -0.2) is 4.68 Å². The minimum atomic E-state index is -0.153. The van der Waals surface area contributed by atoms with Crippen molar-refractivity contribution in [3.63, 3.8) is 0 Å². The van der Waals surface area contributed by atoms with Gasteiger partial charge in [0.25, 0.3) is 0 Å². The van der Waals surface area contributed by atoms with Gasteiger partial charge >= 0.3 is 0 Å². The van der Waals surface area contributed by atoms with Gasteiger partial charge in [0, 0.05) is 16.4 Å². The van der Waals surface area contributed by atoms with E-state index in [1.54, 1.807) is 28.9 Å². The van der Waals surface area contributed by atoms with Crippen LogP contribution in [0.3, 0.4) is 0 Å². The van der Waals surface area contributed by atoms with Gasteiger partial charge in [0.15, 0.2) is 0 Å². The highest BCUT2D eigenvalue weighted by molar-refractivity contribution is 6.30. The molecule has 0 saturated carbocycles. The van der Waals surface area contributed by atoms with Crippen molar-refractivity contribution in [3.8, 4) is 5.69 Å². The number of hydrogen-bond donors (Lipinski definition) is 2. The summed E-state index contributed by atoms with van der Waals surface area (Å²) in [7, 11) is 0. The molecule has 0 spiro atoms. The summed E-state index contributed by atoms with van der Waals surface area (Å²) in [6.45, 7) is 2.10. The van der Waals surface area contributed by atoms with Gasteiger partial charge in [-0.15, -0.1) is 5.10 Å². The quantitative estimate of drug-likeness (QED) is 0.744. The van der Waals surface area contributed by atoms with Crippen LogP contribution in [-0.4, -0.2) is 32.7 Å². The van der Waals surface area contributed by atoms with Crippen molar-refractivity contribution in [2.75, 3.05) is 17.2 Å². The van der Waals surface area contributed by atoms with E-state index in [9.17, 15) is 4.79 Å². The molecular weight excluding hydrogens is 328 g/mol. The topological polar surface area (TPSA) is 84.7 Å². The number of aromatic nitrogens is 4. The third-order valence-corrected chi connectivity index (χ3v) is 3.59. The molecule has 2 aromatic carbocycles. The second-order valence-electron chi connectivity index (χ2n) is 5.17. The Hall–Kier alpha value is -2.93. The molecule has 122 valence electrons. The lowest BCUT2D eigenvalue weighted by atomic mass is 10.2. The first-order valence-corrected chi connectivity index (χ1v) is 7.63. The van der Waals surface area contributed by atoms with Crippen LogP contribution in [0.1, 0.15) is 5.56 Å². The molecule has 24 heavy (non-hydrogen) atoms. The third kappa shape index (κ3) is 3.88. The minimum absolute atomic E-state index is 0.149. The van der Waals surface area contributed by atoms with Crippen LogP contribution in [0.4, 0.5) is 11.4 Å². The largest absolute Gasteiger partial charge is 0.376 e. The molecule has 1 amide bonds. The summed E-state index contributed by atoms with van der Waals surface area (Å²) < 4.78 is 1.59. The van der Waals surface area contributed by atoms with E-state index in [0.29, 0.717) is 10.7 Å². The summed E-state index contributed by atoms with van der Waals surface area (Å²) in [5.74, 6) is -0.153. The number of aryl methyl sites for hydroxylation is 1. The number of rotatable bonds is 5. The highest BCUT2D eigenvalue weighted by Gasteiger charge is 2.06. The highest BCUT2D eigenvalue weighted by atomic mass is 35.5. The second kappa shape index (κ2) is 7.10. The van der Waals surface area contributed by atoms with Crippen molar-refractivity contribution >= 4 is 28.9 Å². The van der Waals surface area contributed by atoms with Gasteiger partial charge in [-0.3, -0.25) is 4.79 Å². The summed E-state index contributed by atoms with van der Waals surface area (Å²) in [5.41, 5.74) is 3.38. The van der Waals surface area contributed by atoms with Crippen LogP contribution in [0.15, 0.2) is 48.8 Å². The molecule has 3 aromatic rings. The molecule has 7 nitrogen and oxygen atoms in total. The van der Waals surface area contributed by atoms with E-state index in [0.717, 1.165) is 16.9 Å². The zero-order valence-corrected chi connectivity index (χ0v) is 13.7. The Labute approximate surface area is 143 Å². The molecule has 0 bridgehead atoms. The first-order chi connectivity index (χ1) is 11.6. The van der Waals surface area contributed by atoms with Crippen molar-refractivity contribution in [3.05, 3.63) is 59.4 Å². The van der Waals surface area contributed by atoms with E-state index in [2.05, 4.69) is 26.2 Å². The van der Waals surface area contributed by atoms with Crippen molar-refractivity contribution in [1.29, 1.82) is 0 Å².